The first-order chi connectivity index (χ1) is 10.9. The van der Waals surface area contributed by atoms with Crippen LogP contribution < -0.4 is 5.32 Å². The lowest BCUT2D eigenvalue weighted by atomic mass is 9.94. The average Bonchev–Trinajstić information content (AvgIpc) is 3.07. The maximum Gasteiger partial charge on any atom is 0.261 e. The molecule has 3 heterocycles. The molecule has 126 valence electrons. The number of aliphatic hydroxyl groups is 1. The van der Waals surface area contributed by atoms with E-state index in [-0.39, 0.29) is 12.5 Å². The maximum absolute atomic E-state index is 12.4. The lowest BCUT2D eigenvalue weighted by Crippen LogP contribution is -2.46. The normalized spacial score (nSPS) is 17.8. The van der Waals surface area contributed by atoms with Crippen molar-refractivity contribution in [1.29, 1.82) is 0 Å². The van der Waals surface area contributed by atoms with Gasteiger partial charge in [0.1, 0.15) is 4.83 Å². The molecule has 0 saturated carbocycles. The van der Waals surface area contributed by atoms with Crippen molar-refractivity contribution in [3.63, 3.8) is 0 Å². The Balaban J connectivity index is 1.75. The molecule has 0 spiro atoms. The van der Waals surface area contributed by atoms with E-state index in [1.807, 2.05) is 17.8 Å². The highest BCUT2D eigenvalue weighted by atomic mass is 32.1. The van der Waals surface area contributed by atoms with Gasteiger partial charge in [-0.2, -0.15) is 5.10 Å². The molecule has 1 aliphatic rings. The number of carbonyl (C=O) groups excluding carboxylic acids is 1. The average molecular weight is 337 g/mol. The molecule has 23 heavy (non-hydrogen) atoms. The van der Waals surface area contributed by atoms with Crippen LogP contribution in [0.5, 0.6) is 0 Å². The van der Waals surface area contributed by atoms with Gasteiger partial charge < -0.3 is 15.2 Å². The molecule has 0 bridgehead atoms. The summed E-state index contributed by atoms with van der Waals surface area (Å²) in [6, 6.07) is 1.91. The van der Waals surface area contributed by atoms with Crippen LogP contribution in [0.25, 0.3) is 10.2 Å². The van der Waals surface area contributed by atoms with Gasteiger partial charge in [0.05, 0.1) is 16.2 Å². The summed E-state index contributed by atoms with van der Waals surface area (Å²) in [5.41, 5.74) is 0.163. The van der Waals surface area contributed by atoms with Crippen molar-refractivity contribution < 1.29 is 14.6 Å². The van der Waals surface area contributed by atoms with E-state index in [1.54, 1.807) is 0 Å². The van der Waals surface area contributed by atoms with Crippen LogP contribution in [0.3, 0.4) is 0 Å². The van der Waals surface area contributed by atoms with Crippen LogP contribution in [0.4, 0.5) is 0 Å². The largest absolute Gasteiger partial charge is 0.388 e. The lowest BCUT2D eigenvalue weighted by Gasteiger charge is -2.31. The Morgan fingerprint density at radius 3 is 2.87 bits per heavy atom. The number of nitrogens with zero attached hydrogens (tertiary/aromatic N) is 2. The van der Waals surface area contributed by atoms with Crippen LogP contribution in [-0.4, -0.2) is 46.2 Å². The predicted molar refractivity (Wildman–Crippen MR) is 90.0 cm³/mol. The quantitative estimate of drug-likeness (QED) is 0.895. The number of rotatable bonds is 4. The molecular formula is C16H23N3O3S. The monoisotopic (exact) mass is 337 g/mol. The number of nitrogens with one attached hydrogen (secondary N) is 1. The fourth-order valence-corrected chi connectivity index (χ4v) is 3.86. The van der Waals surface area contributed by atoms with Crippen LogP contribution >= 0.6 is 11.3 Å². The standard InChI is InChI=1S/C16H23N3O3S/c1-10(2)13-11-8-12(23-15(11)19(3)18-13)14(20)17-9-16(21)4-6-22-7-5-16/h8,10,21H,4-7,9H2,1-3H3,(H,17,20). The molecular weight excluding hydrogens is 314 g/mol. The number of carbonyl (C=O) groups is 1. The molecule has 2 N–H and O–H groups in total. The minimum atomic E-state index is -0.852. The zero-order valence-corrected chi connectivity index (χ0v) is 14.6. The van der Waals surface area contributed by atoms with Crippen molar-refractivity contribution in [2.45, 2.75) is 38.2 Å². The molecule has 6 nitrogen and oxygen atoms in total. The van der Waals surface area contributed by atoms with Gasteiger partial charge in [0.2, 0.25) is 0 Å². The molecule has 0 atom stereocenters. The molecule has 0 aromatic carbocycles. The van der Waals surface area contributed by atoms with E-state index < -0.39 is 5.60 Å². The van der Waals surface area contributed by atoms with Gasteiger partial charge in [0.25, 0.3) is 5.91 Å². The lowest BCUT2D eigenvalue weighted by molar-refractivity contribution is -0.0605. The van der Waals surface area contributed by atoms with E-state index in [2.05, 4.69) is 24.3 Å². The van der Waals surface area contributed by atoms with E-state index >= 15 is 0 Å². The molecule has 2 aromatic heterocycles. The van der Waals surface area contributed by atoms with E-state index in [9.17, 15) is 9.90 Å². The molecule has 0 aliphatic carbocycles. The number of hydrogen-bond acceptors (Lipinski definition) is 5. The van der Waals surface area contributed by atoms with E-state index in [0.717, 1.165) is 15.9 Å². The second-order valence-electron chi connectivity index (χ2n) is 6.51. The number of hydrogen-bond donors (Lipinski definition) is 2. The molecule has 2 aromatic rings. The van der Waals surface area contributed by atoms with Crippen LogP contribution in [0.2, 0.25) is 0 Å². The number of amides is 1. The Morgan fingerprint density at radius 1 is 1.52 bits per heavy atom. The SMILES string of the molecule is CC(C)c1nn(C)c2sc(C(=O)NCC3(O)CCOCC3)cc12. The number of aromatic nitrogens is 2. The van der Waals surface area contributed by atoms with E-state index in [0.29, 0.717) is 36.9 Å². The highest BCUT2D eigenvalue weighted by molar-refractivity contribution is 7.20. The van der Waals surface area contributed by atoms with E-state index in [4.69, 9.17) is 4.74 Å². The summed E-state index contributed by atoms with van der Waals surface area (Å²) in [6.45, 7) is 5.54. The van der Waals surface area contributed by atoms with Crippen LogP contribution in [0.1, 0.15) is 48.0 Å². The number of thiophene rings is 1. The minimum Gasteiger partial charge on any atom is -0.388 e. The molecule has 1 aliphatic heterocycles. The molecule has 1 saturated heterocycles. The van der Waals surface area contributed by atoms with E-state index in [1.165, 1.54) is 11.3 Å². The summed E-state index contributed by atoms with van der Waals surface area (Å²) in [4.78, 5) is 14.1. The highest BCUT2D eigenvalue weighted by Gasteiger charge is 2.30. The maximum atomic E-state index is 12.4. The fourth-order valence-electron chi connectivity index (χ4n) is 2.86. The van der Waals surface area contributed by atoms with Crippen molar-refractivity contribution in [2.75, 3.05) is 19.8 Å². The van der Waals surface area contributed by atoms with Gasteiger partial charge in [-0.25, -0.2) is 0 Å². The van der Waals surface area contributed by atoms with Crippen molar-refractivity contribution in [1.82, 2.24) is 15.1 Å². The van der Waals surface area contributed by atoms with Gasteiger partial charge in [-0.15, -0.1) is 11.3 Å². The summed E-state index contributed by atoms with van der Waals surface area (Å²) in [7, 11) is 1.90. The Kier molecular flexibility index (Phi) is 4.44. The second-order valence-corrected chi connectivity index (χ2v) is 7.54. The van der Waals surface area contributed by atoms with Crippen molar-refractivity contribution in [3.05, 3.63) is 16.6 Å². The number of fused-ring (bicyclic) bond motifs is 1. The van der Waals surface area contributed by atoms with Gasteiger partial charge in [-0.3, -0.25) is 9.48 Å². The van der Waals surface area contributed by atoms with Crippen molar-refractivity contribution >= 4 is 27.5 Å². The smallest absolute Gasteiger partial charge is 0.261 e. The summed E-state index contributed by atoms with van der Waals surface area (Å²) >= 11 is 1.44. The number of ether oxygens (including phenoxy) is 1. The Labute approximate surface area is 139 Å². The van der Waals surface area contributed by atoms with Crippen molar-refractivity contribution in [2.24, 2.45) is 7.05 Å². The zero-order chi connectivity index (χ0) is 16.6. The fraction of sp³-hybridized carbons (Fsp3) is 0.625. The predicted octanol–water partition coefficient (Wildman–Crippen LogP) is 2.03. The Hall–Kier alpha value is -1.44. The van der Waals surface area contributed by atoms with Gasteiger partial charge in [-0.05, 0) is 12.0 Å². The van der Waals surface area contributed by atoms with Crippen molar-refractivity contribution in [3.8, 4) is 0 Å². The topological polar surface area (TPSA) is 76.4 Å². The molecule has 1 amide bonds. The van der Waals surface area contributed by atoms with Gasteiger partial charge >= 0.3 is 0 Å². The number of aryl methyl sites for hydroxylation is 1. The minimum absolute atomic E-state index is 0.138. The van der Waals surface area contributed by atoms with Gasteiger partial charge in [0, 0.05) is 45.0 Å². The second kappa shape index (κ2) is 6.22. The summed E-state index contributed by atoms with van der Waals surface area (Å²) < 4.78 is 7.09. The summed E-state index contributed by atoms with van der Waals surface area (Å²) in [6.07, 6.45) is 1.11. The molecule has 1 fully saturated rings. The third kappa shape index (κ3) is 3.27. The first kappa shape index (κ1) is 16.4. The zero-order valence-electron chi connectivity index (χ0n) is 13.8. The first-order valence-corrected chi connectivity index (χ1v) is 8.76. The van der Waals surface area contributed by atoms with Crippen LogP contribution in [0.15, 0.2) is 6.07 Å². The first-order valence-electron chi connectivity index (χ1n) is 7.94. The molecule has 3 rings (SSSR count). The Bertz CT molecular complexity index is 714. The third-order valence-electron chi connectivity index (χ3n) is 4.31. The van der Waals surface area contributed by atoms with Gasteiger partial charge in [-0.1, -0.05) is 13.8 Å². The van der Waals surface area contributed by atoms with Crippen LogP contribution in [0, 0.1) is 0 Å². The molecule has 7 heteroatoms. The van der Waals surface area contributed by atoms with Gasteiger partial charge in [0.15, 0.2) is 0 Å². The Morgan fingerprint density at radius 2 is 2.22 bits per heavy atom. The highest BCUT2D eigenvalue weighted by Crippen LogP contribution is 2.31. The van der Waals surface area contributed by atoms with Crippen LogP contribution in [-0.2, 0) is 11.8 Å². The summed E-state index contributed by atoms with van der Waals surface area (Å²) in [5, 5.41) is 18.9. The third-order valence-corrected chi connectivity index (χ3v) is 5.51. The molecule has 0 unspecified atom stereocenters. The summed E-state index contributed by atoms with van der Waals surface area (Å²) in [5.74, 6) is 0.174. The molecule has 0 radical (unpaired) electrons.